The molecule has 1 atom stereocenters. The highest BCUT2D eigenvalue weighted by Gasteiger charge is 2.22. The lowest BCUT2D eigenvalue weighted by molar-refractivity contribution is -0.139. The van der Waals surface area contributed by atoms with Crippen molar-refractivity contribution in [1.82, 2.24) is 4.90 Å². The van der Waals surface area contributed by atoms with Crippen molar-refractivity contribution < 1.29 is 14.7 Å². The maximum atomic E-state index is 12.5. The third kappa shape index (κ3) is 5.87. The topological polar surface area (TPSA) is 57.6 Å². The lowest BCUT2D eigenvalue weighted by Crippen LogP contribution is -2.38. The van der Waals surface area contributed by atoms with Gasteiger partial charge in [-0.05, 0) is 37.5 Å². The maximum Gasteiger partial charge on any atom is 0.305 e. The van der Waals surface area contributed by atoms with Gasteiger partial charge < -0.3 is 10.0 Å². The van der Waals surface area contributed by atoms with Gasteiger partial charge in [0.15, 0.2) is 0 Å². The second kappa shape index (κ2) is 8.82. The van der Waals surface area contributed by atoms with Gasteiger partial charge >= 0.3 is 5.97 Å². The molecule has 0 spiro atoms. The zero-order valence-electron chi connectivity index (χ0n) is 12.5. The molecule has 0 bridgehead atoms. The van der Waals surface area contributed by atoms with E-state index in [1.54, 1.807) is 4.90 Å². The number of halogens is 1. The molecule has 4 nitrogen and oxygen atoms in total. The summed E-state index contributed by atoms with van der Waals surface area (Å²) in [5, 5.41) is 8.76. The molecule has 1 rings (SSSR count). The first kappa shape index (κ1) is 17.7. The van der Waals surface area contributed by atoms with Crippen LogP contribution in [0.3, 0.4) is 0 Å². The van der Waals surface area contributed by atoms with E-state index in [2.05, 4.69) is 15.9 Å². The van der Waals surface area contributed by atoms with Crippen molar-refractivity contribution in [1.29, 1.82) is 0 Å². The molecule has 0 radical (unpaired) electrons. The van der Waals surface area contributed by atoms with Gasteiger partial charge in [-0.1, -0.05) is 35.0 Å². The average molecular weight is 356 g/mol. The molecule has 0 aromatic heterocycles. The summed E-state index contributed by atoms with van der Waals surface area (Å²) in [7, 11) is 0. The largest absolute Gasteiger partial charge is 0.481 e. The van der Waals surface area contributed by atoms with Gasteiger partial charge in [-0.25, -0.2) is 0 Å². The number of hydrogen-bond acceptors (Lipinski definition) is 2. The summed E-state index contributed by atoms with van der Waals surface area (Å²) in [5.74, 6) is -0.935. The zero-order valence-corrected chi connectivity index (χ0v) is 14.1. The standard InChI is InChI=1S/C16H22BrNO3/c1-3-13(10-12-6-5-7-14(17)11-12)16(21)18(4-2)9-8-15(19)20/h5-7,11,13H,3-4,8-10H2,1-2H3,(H,19,20). The van der Waals surface area contributed by atoms with Crippen molar-refractivity contribution in [3.63, 3.8) is 0 Å². The van der Waals surface area contributed by atoms with Crippen molar-refractivity contribution >= 4 is 27.8 Å². The Morgan fingerprint density at radius 3 is 2.57 bits per heavy atom. The first-order valence-corrected chi connectivity index (χ1v) is 8.02. The number of carbonyl (C=O) groups is 2. The van der Waals surface area contributed by atoms with Crippen LogP contribution in [-0.2, 0) is 16.0 Å². The number of nitrogens with zero attached hydrogens (tertiary/aromatic N) is 1. The van der Waals surface area contributed by atoms with Gasteiger partial charge in [0.1, 0.15) is 0 Å². The number of amides is 1. The Hall–Kier alpha value is -1.36. The third-order valence-electron chi connectivity index (χ3n) is 3.50. The Balaban J connectivity index is 2.72. The minimum atomic E-state index is -0.874. The Morgan fingerprint density at radius 1 is 1.33 bits per heavy atom. The molecule has 0 aliphatic rings. The predicted octanol–water partition coefficient (Wildman–Crippen LogP) is 3.34. The maximum absolute atomic E-state index is 12.5. The lowest BCUT2D eigenvalue weighted by Gasteiger charge is -2.25. The first-order chi connectivity index (χ1) is 9.97. The summed E-state index contributed by atoms with van der Waals surface area (Å²) in [5.41, 5.74) is 1.11. The molecule has 5 heteroatoms. The van der Waals surface area contributed by atoms with Crippen molar-refractivity contribution in [2.24, 2.45) is 5.92 Å². The molecule has 0 aliphatic heterocycles. The van der Waals surface area contributed by atoms with Gasteiger partial charge in [0.2, 0.25) is 5.91 Å². The van der Waals surface area contributed by atoms with Gasteiger partial charge in [-0.15, -0.1) is 0 Å². The van der Waals surface area contributed by atoms with Crippen molar-refractivity contribution in [3.05, 3.63) is 34.3 Å². The van der Waals surface area contributed by atoms with Crippen LogP contribution in [0.15, 0.2) is 28.7 Å². The zero-order chi connectivity index (χ0) is 15.8. The van der Waals surface area contributed by atoms with E-state index >= 15 is 0 Å². The van der Waals surface area contributed by atoms with Gasteiger partial charge in [0.05, 0.1) is 6.42 Å². The van der Waals surface area contributed by atoms with Crippen molar-refractivity contribution in [2.75, 3.05) is 13.1 Å². The fourth-order valence-corrected chi connectivity index (χ4v) is 2.71. The summed E-state index contributed by atoms with van der Waals surface area (Å²) in [6.07, 6.45) is 1.42. The molecule has 1 amide bonds. The predicted molar refractivity (Wildman–Crippen MR) is 86.1 cm³/mol. The van der Waals surface area contributed by atoms with E-state index < -0.39 is 5.97 Å². The van der Waals surface area contributed by atoms with E-state index in [1.165, 1.54) is 0 Å². The highest BCUT2D eigenvalue weighted by atomic mass is 79.9. The molecular formula is C16H22BrNO3. The number of benzene rings is 1. The minimum absolute atomic E-state index is 0.00704. The number of carboxylic acid groups (broad SMARTS) is 1. The van der Waals surface area contributed by atoms with Crippen LogP contribution >= 0.6 is 15.9 Å². The van der Waals surface area contributed by atoms with Gasteiger partial charge in [0.25, 0.3) is 0 Å². The molecule has 0 saturated carbocycles. The smallest absolute Gasteiger partial charge is 0.305 e. The highest BCUT2D eigenvalue weighted by molar-refractivity contribution is 9.10. The molecule has 0 aliphatic carbocycles. The Kier molecular flexibility index (Phi) is 7.43. The van der Waals surface area contributed by atoms with Gasteiger partial charge in [-0.2, -0.15) is 0 Å². The van der Waals surface area contributed by atoms with Gasteiger partial charge in [-0.3, -0.25) is 9.59 Å². The Morgan fingerprint density at radius 2 is 2.05 bits per heavy atom. The third-order valence-corrected chi connectivity index (χ3v) is 4.00. The SMILES string of the molecule is CCC(Cc1cccc(Br)c1)C(=O)N(CC)CCC(=O)O. The normalized spacial score (nSPS) is 12.0. The van der Waals surface area contributed by atoms with Crippen LogP contribution < -0.4 is 0 Å². The van der Waals surface area contributed by atoms with E-state index in [9.17, 15) is 9.59 Å². The van der Waals surface area contributed by atoms with Crippen LogP contribution in [0, 0.1) is 5.92 Å². The number of hydrogen-bond donors (Lipinski definition) is 1. The molecular weight excluding hydrogens is 334 g/mol. The molecule has 0 saturated heterocycles. The second-order valence-electron chi connectivity index (χ2n) is 5.00. The Labute approximate surface area is 134 Å². The average Bonchev–Trinajstić information content (AvgIpc) is 2.45. The van der Waals surface area contributed by atoms with Gasteiger partial charge in [0, 0.05) is 23.5 Å². The summed E-state index contributed by atoms with van der Waals surface area (Å²) in [6, 6.07) is 7.94. The van der Waals surface area contributed by atoms with Crippen LogP contribution in [0.25, 0.3) is 0 Å². The Bertz CT molecular complexity index is 490. The van der Waals surface area contributed by atoms with Crippen molar-refractivity contribution in [3.8, 4) is 0 Å². The van der Waals surface area contributed by atoms with E-state index in [0.29, 0.717) is 13.0 Å². The summed E-state index contributed by atoms with van der Waals surface area (Å²) >= 11 is 3.43. The van der Waals surface area contributed by atoms with E-state index in [1.807, 2.05) is 38.1 Å². The van der Waals surface area contributed by atoms with Crippen molar-refractivity contribution in [2.45, 2.75) is 33.1 Å². The number of aliphatic carboxylic acids is 1. The molecule has 116 valence electrons. The molecule has 21 heavy (non-hydrogen) atoms. The monoisotopic (exact) mass is 355 g/mol. The molecule has 1 aromatic carbocycles. The molecule has 1 unspecified atom stereocenters. The number of rotatable bonds is 8. The quantitative estimate of drug-likeness (QED) is 0.777. The number of carboxylic acids is 1. The summed E-state index contributed by atoms with van der Waals surface area (Å²) < 4.78 is 1.00. The van der Waals surface area contributed by atoms with Crippen LogP contribution in [0.5, 0.6) is 0 Å². The minimum Gasteiger partial charge on any atom is -0.481 e. The molecule has 1 N–H and O–H groups in total. The van der Waals surface area contributed by atoms with Crippen LogP contribution in [-0.4, -0.2) is 35.0 Å². The fourth-order valence-electron chi connectivity index (χ4n) is 2.27. The molecule has 0 fully saturated rings. The summed E-state index contributed by atoms with van der Waals surface area (Å²) in [6.45, 7) is 4.69. The summed E-state index contributed by atoms with van der Waals surface area (Å²) in [4.78, 5) is 24.8. The lowest BCUT2D eigenvalue weighted by atomic mass is 9.95. The molecule has 0 heterocycles. The molecule has 1 aromatic rings. The number of carbonyl (C=O) groups excluding carboxylic acids is 1. The first-order valence-electron chi connectivity index (χ1n) is 7.22. The fraction of sp³-hybridized carbons (Fsp3) is 0.500. The van der Waals surface area contributed by atoms with Crippen LogP contribution in [0.1, 0.15) is 32.3 Å². The van der Waals surface area contributed by atoms with Crippen LogP contribution in [0.2, 0.25) is 0 Å². The van der Waals surface area contributed by atoms with E-state index in [4.69, 9.17) is 5.11 Å². The van der Waals surface area contributed by atoms with E-state index in [0.717, 1.165) is 16.5 Å². The highest BCUT2D eigenvalue weighted by Crippen LogP contribution is 2.19. The van der Waals surface area contributed by atoms with Crippen LogP contribution in [0.4, 0.5) is 0 Å². The second-order valence-corrected chi connectivity index (χ2v) is 5.92. The van der Waals surface area contributed by atoms with E-state index in [-0.39, 0.29) is 24.8 Å².